The number of rotatable bonds is 5. The van der Waals surface area contributed by atoms with Gasteiger partial charge in [0.25, 0.3) is 0 Å². The summed E-state index contributed by atoms with van der Waals surface area (Å²) in [7, 11) is 1.72. The van der Waals surface area contributed by atoms with Gasteiger partial charge in [-0.1, -0.05) is 0 Å². The van der Waals surface area contributed by atoms with Gasteiger partial charge in [0, 0.05) is 13.0 Å². The van der Waals surface area contributed by atoms with E-state index in [4.69, 9.17) is 15.3 Å². The fourth-order valence-electron chi connectivity index (χ4n) is 0.708. The van der Waals surface area contributed by atoms with Crippen LogP contribution in [0.2, 0.25) is 0 Å². The average molecular weight is 149 g/mol. The maximum absolute atomic E-state index is 9.02. The number of hydrogen-bond donors (Lipinski definition) is 4. The predicted molar refractivity (Wildman–Crippen MR) is 37.6 cm³/mol. The third-order valence-electron chi connectivity index (χ3n) is 1.19. The molecule has 4 heteroatoms. The number of aliphatic hydroxyl groups excluding tert-OH is 3. The lowest BCUT2D eigenvalue weighted by molar-refractivity contribution is 0.0425. The maximum Gasteiger partial charge on any atom is 0.0796 e. The van der Waals surface area contributed by atoms with Crippen molar-refractivity contribution >= 4 is 0 Å². The second-order valence-electron chi connectivity index (χ2n) is 2.28. The van der Waals surface area contributed by atoms with Crippen molar-refractivity contribution in [1.29, 1.82) is 0 Å². The van der Waals surface area contributed by atoms with Gasteiger partial charge in [0.1, 0.15) is 0 Å². The van der Waals surface area contributed by atoms with Crippen LogP contribution in [0.25, 0.3) is 0 Å². The molecule has 2 atom stereocenters. The Morgan fingerprint density at radius 2 is 1.90 bits per heavy atom. The Hall–Kier alpha value is -0.160. The predicted octanol–water partition coefficient (Wildman–Crippen LogP) is -1.69. The molecule has 0 aliphatic rings. The molecule has 0 saturated carbocycles. The summed E-state index contributed by atoms with van der Waals surface area (Å²) in [6, 6.07) is 0. The van der Waals surface area contributed by atoms with Crippen molar-refractivity contribution in [3.05, 3.63) is 0 Å². The third kappa shape index (κ3) is 4.69. The van der Waals surface area contributed by atoms with E-state index in [1.54, 1.807) is 7.05 Å². The first kappa shape index (κ1) is 9.84. The van der Waals surface area contributed by atoms with Crippen LogP contribution < -0.4 is 5.32 Å². The van der Waals surface area contributed by atoms with Gasteiger partial charge in [-0.25, -0.2) is 0 Å². The third-order valence-corrected chi connectivity index (χ3v) is 1.19. The molecule has 0 heterocycles. The highest BCUT2D eigenvalue weighted by atomic mass is 16.3. The lowest BCUT2D eigenvalue weighted by Crippen LogP contribution is -2.29. The summed E-state index contributed by atoms with van der Waals surface area (Å²) in [4.78, 5) is 0. The SMILES string of the molecule is CNCC(O)CC(O)CO. The van der Waals surface area contributed by atoms with E-state index >= 15 is 0 Å². The summed E-state index contributed by atoms with van der Waals surface area (Å²) in [5.41, 5.74) is 0. The number of likely N-dealkylation sites (N-methyl/N-ethyl adjacent to an activating group) is 1. The minimum Gasteiger partial charge on any atom is -0.394 e. The van der Waals surface area contributed by atoms with E-state index in [1.807, 2.05) is 0 Å². The zero-order chi connectivity index (χ0) is 7.98. The molecule has 0 amide bonds. The fourth-order valence-corrected chi connectivity index (χ4v) is 0.708. The Morgan fingerprint density at radius 3 is 2.30 bits per heavy atom. The molecule has 2 unspecified atom stereocenters. The molecule has 0 bridgehead atoms. The lowest BCUT2D eigenvalue weighted by atomic mass is 10.2. The first-order valence-corrected chi connectivity index (χ1v) is 3.32. The van der Waals surface area contributed by atoms with Crippen LogP contribution in [0.3, 0.4) is 0 Å². The second kappa shape index (κ2) is 5.61. The molecule has 0 aliphatic carbocycles. The first-order valence-electron chi connectivity index (χ1n) is 3.32. The molecule has 0 rings (SSSR count). The van der Waals surface area contributed by atoms with Crippen LogP contribution in [-0.4, -0.2) is 47.7 Å². The van der Waals surface area contributed by atoms with Crippen LogP contribution in [0, 0.1) is 0 Å². The van der Waals surface area contributed by atoms with Crippen molar-refractivity contribution in [2.75, 3.05) is 20.2 Å². The quantitative estimate of drug-likeness (QED) is 0.376. The first-order chi connectivity index (χ1) is 4.70. The summed E-state index contributed by atoms with van der Waals surface area (Å²) in [5, 5.41) is 29.0. The average Bonchev–Trinajstić information content (AvgIpc) is 1.88. The van der Waals surface area contributed by atoms with Crippen molar-refractivity contribution < 1.29 is 15.3 Å². The molecule has 4 N–H and O–H groups in total. The largest absolute Gasteiger partial charge is 0.394 e. The van der Waals surface area contributed by atoms with Crippen LogP contribution >= 0.6 is 0 Å². The maximum atomic E-state index is 9.02. The van der Waals surface area contributed by atoms with E-state index in [-0.39, 0.29) is 13.0 Å². The Kier molecular flexibility index (Phi) is 5.52. The molecule has 10 heavy (non-hydrogen) atoms. The molecule has 0 fully saturated rings. The highest BCUT2D eigenvalue weighted by Crippen LogP contribution is 1.95. The van der Waals surface area contributed by atoms with Crippen molar-refractivity contribution in [2.45, 2.75) is 18.6 Å². The van der Waals surface area contributed by atoms with Crippen molar-refractivity contribution in [2.24, 2.45) is 0 Å². The lowest BCUT2D eigenvalue weighted by Gasteiger charge is -2.12. The van der Waals surface area contributed by atoms with Crippen molar-refractivity contribution in [3.8, 4) is 0 Å². The molecular weight excluding hydrogens is 134 g/mol. The van der Waals surface area contributed by atoms with E-state index in [9.17, 15) is 0 Å². The standard InChI is InChI=1S/C6H15NO3/c1-7-3-5(9)2-6(10)4-8/h5-10H,2-4H2,1H3. The topological polar surface area (TPSA) is 72.7 Å². The number of hydrogen-bond acceptors (Lipinski definition) is 4. The summed E-state index contributed by atoms with van der Waals surface area (Å²) in [6.07, 6.45) is -1.16. The van der Waals surface area contributed by atoms with Gasteiger partial charge in [-0.2, -0.15) is 0 Å². The van der Waals surface area contributed by atoms with Gasteiger partial charge in [-0.15, -0.1) is 0 Å². The van der Waals surface area contributed by atoms with Crippen molar-refractivity contribution in [3.63, 3.8) is 0 Å². The normalized spacial score (nSPS) is 16.8. The summed E-state index contributed by atoms with van der Waals surface area (Å²) < 4.78 is 0. The van der Waals surface area contributed by atoms with E-state index in [0.29, 0.717) is 6.54 Å². The van der Waals surface area contributed by atoms with E-state index < -0.39 is 12.2 Å². The van der Waals surface area contributed by atoms with E-state index in [0.717, 1.165) is 0 Å². The van der Waals surface area contributed by atoms with Crippen LogP contribution in [0.15, 0.2) is 0 Å². The Bertz CT molecular complexity index is 79.4. The van der Waals surface area contributed by atoms with Gasteiger partial charge in [-0.05, 0) is 7.05 Å². The molecule has 0 aromatic heterocycles. The molecule has 0 aliphatic heterocycles. The summed E-state index contributed by atoms with van der Waals surface area (Å²) in [5.74, 6) is 0. The van der Waals surface area contributed by atoms with Crippen LogP contribution in [-0.2, 0) is 0 Å². The molecule has 4 nitrogen and oxygen atoms in total. The van der Waals surface area contributed by atoms with E-state index in [2.05, 4.69) is 5.32 Å². The second-order valence-corrected chi connectivity index (χ2v) is 2.28. The summed E-state index contributed by atoms with van der Waals surface area (Å²) in [6.45, 7) is 0.151. The molecule has 62 valence electrons. The van der Waals surface area contributed by atoms with Crippen LogP contribution in [0.1, 0.15) is 6.42 Å². The molecule has 0 saturated heterocycles. The molecule has 0 aromatic carbocycles. The highest BCUT2D eigenvalue weighted by Gasteiger charge is 2.08. The van der Waals surface area contributed by atoms with E-state index in [1.165, 1.54) is 0 Å². The monoisotopic (exact) mass is 149 g/mol. The number of nitrogens with one attached hydrogen (secondary N) is 1. The van der Waals surface area contributed by atoms with Gasteiger partial charge in [-0.3, -0.25) is 0 Å². The van der Waals surface area contributed by atoms with Gasteiger partial charge in [0.15, 0.2) is 0 Å². The van der Waals surface area contributed by atoms with Gasteiger partial charge in [0.2, 0.25) is 0 Å². The molecule has 0 spiro atoms. The Morgan fingerprint density at radius 1 is 1.30 bits per heavy atom. The van der Waals surface area contributed by atoms with Crippen molar-refractivity contribution in [1.82, 2.24) is 5.32 Å². The highest BCUT2D eigenvalue weighted by molar-refractivity contribution is 4.63. The zero-order valence-electron chi connectivity index (χ0n) is 6.12. The Balaban J connectivity index is 3.27. The van der Waals surface area contributed by atoms with Gasteiger partial charge in [0.05, 0.1) is 18.8 Å². The molecule has 0 aromatic rings. The zero-order valence-corrected chi connectivity index (χ0v) is 6.12. The van der Waals surface area contributed by atoms with Gasteiger partial charge >= 0.3 is 0 Å². The Labute approximate surface area is 60.5 Å². The fraction of sp³-hybridized carbons (Fsp3) is 1.00. The molecule has 0 radical (unpaired) electrons. The van der Waals surface area contributed by atoms with Gasteiger partial charge < -0.3 is 20.6 Å². The molecular formula is C6H15NO3. The van der Waals surface area contributed by atoms with Crippen LogP contribution in [0.5, 0.6) is 0 Å². The minimum atomic E-state index is -0.802. The minimum absolute atomic E-state index is 0.220. The number of aliphatic hydroxyl groups is 3. The van der Waals surface area contributed by atoms with Crippen LogP contribution in [0.4, 0.5) is 0 Å². The smallest absolute Gasteiger partial charge is 0.0796 e. The summed E-state index contributed by atoms with van der Waals surface area (Å²) >= 11 is 0.